The largest absolute Gasteiger partial charge is 0.492 e. The van der Waals surface area contributed by atoms with Crippen molar-refractivity contribution < 1.29 is 9.53 Å². The van der Waals surface area contributed by atoms with E-state index in [1.807, 2.05) is 31.2 Å². The van der Waals surface area contributed by atoms with Crippen LogP contribution >= 0.6 is 0 Å². The third-order valence-electron chi connectivity index (χ3n) is 5.77. The van der Waals surface area contributed by atoms with Crippen molar-refractivity contribution in [3.8, 4) is 11.4 Å². The molecule has 35 heavy (non-hydrogen) atoms. The standard InChI is InChI=1S/C27H31N5O3/c1-18(2)17-28-12-14-35-22-8-7-20-10-13-32(27(34)23(20)16-22)24-15-21(6-5-19(24)3)26(33)30-25-9-11-29-31(25)4/h5-11,13,15-16,18,28H,12,14,17H2,1-4H3,(H,30,33). The number of carbonyl (C=O) groups excluding carboxylic acids is 1. The first kappa shape index (κ1) is 24.2. The highest BCUT2D eigenvalue weighted by Crippen LogP contribution is 2.21. The number of benzene rings is 2. The lowest BCUT2D eigenvalue weighted by Crippen LogP contribution is -2.25. The summed E-state index contributed by atoms with van der Waals surface area (Å²) in [6, 6.07) is 14.5. The zero-order valence-electron chi connectivity index (χ0n) is 20.5. The molecular weight excluding hydrogens is 442 g/mol. The van der Waals surface area contributed by atoms with E-state index in [1.165, 1.54) is 0 Å². The van der Waals surface area contributed by atoms with Gasteiger partial charge in [-0.2, -0.15) is 5.10 Å². The second-order valence-corrected chi connectivity index (χ2v) is 8.98. The maximum atomic E-state index is 13.4. The van der Waals surface area contributed by atoms with Crippen LogP contribution in [0.25, 0.3) is 16.5 Å². The van der Waals surface area contributed by atoms with Crippen molar-refractivity contribution in [2.75, 3.05) is 25.0 Å². The number of fused-ring (bicyclic) bond motifs is 1. The average Bonchev–Trinajstić information content (AvgIpc) is 3.24. The van der Waals surface area contributed by atoms with Gasteiger partial charge >= 0.3 is 0 Å². The summed E-state index contributed by atoms with van der Waals surface area (Å²) in [5, 5.41) is 11.6. The summed E-state index contributed by atoms with van der Waals surface area (Å²) in [7, 11) is 1.75. The van der Waals surface area contributed by atoms with Crippen LogP contribution in [0.3, 0.4) is 0 Å². The predicted octanol–water partition coefficient (Wildman–Crippen LogP) is 3.91. The van der Waals surface area contributed by atoms with Gasteiger partial charge in [-0.1, -0.05) is 26.0 Å². The third kappa shape index (κ3) is 5.60. The lowest BCUT2D eigenvalue weighted by molar-refractivity contribution is 0.102. The van der Waals surface area contributed by atoms with Crippen LogP contribution in [-0.2, 0) is 7.05 Å². The summed E-state index contributed by atoms with van der Waals surface area (Å²) in [5.74, 6) is 1.55. The molecule has 0 saturated heterocycles. The first-order chi connectivity index (χ1) is 16.8. The van der Waals surface area contributed by atoms with Gasteiger partial charge in [0, 0.05) is 31.4 Å². The molecule has 4 rings (SSSR count). The fraction of sp³-hybridized carbons (Fsp3) is 0.296. The van der Waals surface area contributed by atoms with E-state index in [0.29, 0.717) is 40.7 Å². The Balaban J connectivity index is 1.59. The second kappa shape index (κ2) is 10.6. The zero-order chi connectivity index (χ0) is 24.9. The first-order valence-electron chi connectivity index (χ1n) is 11.7. The fourth-order valence-corrected chi connectivity index (χ4v) is 3.82. The maximum absolute atomic E-state index is 13.4. The first-order valence-corrected chi connectivity index (χ1v) is 11.7. The monoisotopic (exact) mass is 473 g/mol. The molecule has 8 heteroatoms. The predicted molar refractivity (Wildman–Crippen MR) is 139 cm³/mol. The smallest absolute Gasteiger partial charge is 0.263 e. The molecule has 0 aliphatic heterocycles. The Morgan fingerprint density at radius 3 is 2.69 bits per heavy atom. The minimum absolute atomic E-state index is 0.168. The number of hydrogen-bond donors (Lipinski definition) is 2. The van der Waals surface area contributed by atoms with Crippen LogP contribution in [0, 0.1) is 12.8 Å². The summed E-state index contributed by atoms with van der Waals surface area (Å²) < 4.78 is 9.02. The van der Waals surface area contributed by atoms with Gasteiger partial charge in [0.05, 0.1) is 17.3 Å². The van der Waals surface area contributed by atoms with Gasteiger partial charge in [0.1, 0.15) is 18.2 Å². The van der Waals surface area contributed by atoms with Crippen molar-refractivity contribution in [2.24, 2.45) is 13.0 Å². The number of aryl methyl sites for hydroxylation is 2. The molecule has 0 atom stereocenters. The van der Waals surface area contributed by atoms with Gasteiger partial charge in [-0.15, -0.1) is 0 Å². The molecule has 0 saturated carbocycles. The van der Waals surface area contributed by atoms with Crippen LogP contribution in [0.2, 0.25) is 0 Å². The highest BCUT2D eigenvalue weighted by atomic mass is 16.5. The lowest BCUT2D eigenvalue weighted by atomic mass is 10.1. The van der Waals surface area contributed by atoms with Crippen LogP contribution < -0.4 is 20.9 Å². The van der Waals surface area contributed by atoms with Crippen LogP contribution in [0.4, 0.5) is 5.82 Å². The van der Waals surface area contributed by atoms with E-state index in [0.717, 1.165) is 24.0 Å². The molecule has 0 fully saturated rings. The molecule has 2 heterocycles. The second-order valence-electron chi connectivity index (χ2n) is 8.98. The van der Waals surface area contributed by atoms with Crippen molar-refractivity contribution in [3.63, 3.8) is 0 Å². The minimum atomic E-state index is -0.273. The molecule has 0 aliphatic rings. The van der Waals surface area contributed by atoms with Crippen LogP contribution in [0.5, 0.6) is 5.75 Å². The molecule has 2 aromatic heterocycles. The molecule has 182 valence electrons. The molecule has 2 aromatic carbocycles. The topological polar surface area (TPSA) is 90.2 Å². The number of aromatic nitrogens is 3. The summed E-state index contributed by atoms with van der Waals surface area (Å²) in [6.07, 6.45) is 3.36. The summed E-state index contributed by atoms with van der Waals surface area (Å²) >= 11 is 0. The number of carbonyl (C=O) groups is 1. The van der Waals surface area contributed by atoms with Gasteiger partial charge < -0.3 is 15.4 Å². The summed E-state index contributed by atoms with van der Waals surface area (Å²) in [5.41, 5.74) is 1.81. The van der Waals surface area contributed by atoms with Crippen LogP contribution in [-0.4, -0.2) is 40.0 Å². The highest BCUT2D eigenvalue weighted by molar-refractivity contribution is 6.04. The average molecular weight is 474 g/mol. The van der Waals surface area contributed by atoms with Gasteiger partial charge in [-0.05, 0) is 60.7 Å². The Labute approximate surface area is 204 Å². The van der Waals surface area contributed by atoms with Crippen molar-refractivity contribution >= 4 is 22.5 Å². The number of amides is 1. The number of anilines is 1. The SMILES string of the molecule is Cc1ccc(C(=O)Nc2ccnn2C)cc1-n1ccc2ccc(OCCNCC(C)C)cc2c1=O. The molecule has 4 aromatic rings. The van der Waals surface area contributed by atoms with Crippen molar-refractivity contribution in [1.29, 1.82) is 0 Å². The number of hydrogen-bond acceptors (Lipinski definition) is 5. The van der Waals surface area contributed by atoms with Gasteiger partial charge in [0.25, 0.3) is 11.5 Å². The highest BCUT2D eigenvalue weighted by Gasteiger charge is 2.13. The van der Waals surface area contributed by atoms with E-state index in [4.69, 9.17) is 4.74 Å². The Morgan fingerprint density at radius 2 is 1.94 bits per heavy atom. The molecule has 1 amide bonds. The Kier molecular flexibility index (Phi) is 7.31. The number of rotatable bonds is 9. The normalized spacial score (nSPS) is 11.2. The van der Waals surface area contributed by atoms with Crippen LogP contribution in [0.15, 0.2) is 65.7 Å². The fourth-order valence-electron chi connectivity index (χ4n) is 3.82. The molecule has 0 bridgehead atoms. The molecule has 0 spiro atoms. The van der Waals surface area contributed by atoms with Crippen molar-refractivity contribution in [2.45, 2.75) is 20.8 Å². The number of nitrogens with zero attached hydrogens (tertiary/aromatic N) is 3. The molecule has 2 N–H and O–H groups in total. The van der Waals surface area contributed by atoms with Crippen molar-refractivity contribution in [1.82, 2.24) is 19.7 Å². The Morgan fingerprint density at radius 1 is 1.11 bits per heavy atom. The Bertz CT molecular complexity index is 1400. The molecule has 0 radical (unpaired) electrons. The quantitative estimate of drug-likeness (QED) is 0.360. The third-order valence-corrected chi connectivity index (χ3v) is 5.77. The van der Waals surface area contributed by atoms with E-state index >= 15 is 0 Å². The van der Waals surface area contributed by atoms with Gasteiger partial charge in [0.2, 0.25) is 0 Å². The van der Waals surface area contributed by atoms with E-state index in [2.05, 4.69) is 29.6 Å². The van der Waals surface area contributed by atoms with E-state index in [9.17, 15) is 9.59 Å². The number of pyridine rings is 1. The van der Waals surface area contributed by atoms with E-state index in [-0.39, 0.29) is 11.5 Å². The zero-order valence-corrected chi connectivity index (χ0v) is 20.5. The van der Waals surface area contributed by atoms with Gasteiger partial charge in [0.15, 0.2) is 0 Å². The van der Waals surface area contributed by atoms with Gasteiger partial charge in [-0.3, -0.25) is 18.8 Å². The summed E-state index contributed by atoms with van der Waals surface area (Å²) in [6.45, 7) is 8.43. The maximum Gasteiger partial charge on any atom is 0.263 e. The minimum Gasteiger partial charge on any atom is -0.492 e. The van der Waals surface area contributed by atoms with Gasteiger partial charge in [-0.25, -0.2) is 0 Å². The Hall–Kier alpha value is -3.91. The lowest BCUT2D eigenvalue weighted by Gasteiger charge is -2.13. The summed E-state index contributed by atoms with van der Waals surface area (Å²) in [4.78, 5) is 26.3. The van der Waals surface area contributed by atoms with Crippen LogP contribution in [0.1, 0.15) is 29.8 Å². The van der Waals surface area contributed by atoms with E-state index in [1.54, 1.807) is 53.0 Å². The van der Waals surface area contributed by atoms with Crippen molar-refractivity contribution in [3.05, 3.63) is 82.4 Å². The molecule has 0 unspecified atom stereocenters. The van der Waals surface area contributed by atoms with E-state index < -0.39 is 0 Å². The number of ether oxygens (including phenoxy) is 1. The molecule has 0 aliphatic carbocycles. The molecular formula is C27H31N5O3. The number of nitrogens with one attached hydrogen (secondary N) is 2. The molecule has 8 nitrogen and oxygen atoms in total.